The number of aliphatic carboxylic acids is 2. The first kappa shape index (κ1) is 56.0. The number of rotatable bonds is 28. The molecule has 1 aliphatic heterocycles. The Bertz CT molecular complexity index is 2060. The number of H-pyrrole nitrogens is 2. The van der Waals surface area contributed by atoms with Crippen molar-refractivity contribution in [3.8, 4) is 0 Å². The normalized spacial score (nSPS) is 17.3. The molecule has 0 aromatic carbocycles. The molecule has 8 amide bonds. The highest BCUT2D eigenvalue weighted by Crippen LogP contribution is 2.21. The number of carboxylic acids is 2. The summed E-state index contributed by atoms with van der Waals surface area (Å²) < 4.78 is 0. The number of nitrogens with zero attached hydrogens (tertiary/aromatic N) is 3. The maximum Gasteiger partial charge on any atom is 0.327 e. The molecular formula is C39H59N13O14S2. The van der Waals surface area contributed by atoms with E-state index < -0.39 is 139 Å². The maximum absolute atomic E-state index is 14.2. The van der Waals surface area contributed by atoms with Crippen LogP contribution in [0.15, 0.2) is 25.0 Å². The van der Waals surface area contributed by atoms with Crippen molar-refractivity contribution in [1.82, 2.24) is 62.1 Å². The SMILES string of the molecule is CC[C@H](C)[C@H](NC(=O)[C@@H]1CCCN1C(=O)[C@H](CC(=O)O)NC(=O)[C@H](Cc1cnc[nH]1)NC(=O)[C@H](CO)NC(=O)[C@H](CO)NC(=O)[C@@H](N)CS)C(=O)N[C@@H](Cc1cnc[nH]1)C(=O)N[C@@H](CS)C(=O)O. The first-order chi connectivity index (χ1) is 32.3. The van der Waals surface area contributed by atoms with E-state index in [2.05, 4.69) is 82.4 Å². The fourth-order valence-corrected chi connectivity index (χ4v) is 7.18. The van der Waals surface area contributed by atoms with E-state index in [-0.39, 0.29) is 49.4 Å². The molecule has 68 heavy (non-hydrogen) atoms. The molecule has 1 fully saturated rings. The van der Waals surface area contributed by atoms with Gasteiger partial charge in [0.15, 0.2) is 0 Å². The lowest BCUT2D eigenvalue weighted by molar-refractivity contribution is -0.146. The van der Waals surface area contributed by atoms with Gasteiger partial charge in [0.1, 0.15) is 48.3 Å². The van der Waals surface area contributed by atoms with Crippen molar-refractivity contribution in [3.05, 3.63) is 36.4 Å². The lowest BCUT2D eigenvalue weighted by Crippen LogP contribution is -2.61. The van der Waals surface area contributed by atoms with E-state index in [0.29, 0.717) is 12.1 Å². The number of imidazole rings is 2. The Morgan fingerprint density at radius 2 is 1.18 bits per heavy atom. The van der Waals surface area contributed by atoms with Crippen molar-refractivity contribution in [2.75, 3.05) is 31.3 Å². The molecule has 0 unspecified atom stereocenters. The Hall–Kier alpha value is -6.30. The minimum Gasteiger partial charge on any atom is -0.481 e. The number of likely N-dealkylation sites (tertiary alicyclic amines) is 1. The minimum absolute atomic E-state index is 0.0565. The van der Waals surface area contributed by atoms with Crippen LogP contribution >= 0.6 is 25.3 Å². The highest BCUT2D eigenvalue weighted by atomic mass is 32.1. The van der Waals surface area contributed by atoms with Crippen LogP contribution in [-0.2, 0) is 60.8 Å². The van der Waals surface area contributed by atoms with Crippen molar-refractivity contribution in [1.29, 1.82) is 0 Å². The predicted molar refractivity (Wildman–Crippen MR) is 242 cm³/mol. The largest absolute Gasteiger partial charge is 0.481 e. The molecule has 0 aliphatic carbocycles. The van der Waals surface area contributed by atoms with Gasteiger partial charge in [0.2, 0.25) is 47.3 Å². The molecule has 2 aromatic rings. The number of hydrogen-bond acceptors (Lipinski definition) is 17. The Labute approximate surface area is 399 Å². The van der Waals surface area contributed by atoms with Gasteiger partial charge < -0.3 is 78.2 Å². The zero-order valence-corrected chi connectivity index (χ0v) is 38.8. The summed E-state index contributed by atoms with van der Waals surface area (Å²) in [6, 6.07) is -13.3. The number of carbonyl (C=O) groups is 10. The summed E-state index contributed by atoms with van der Waals surface area (Å²) in [6.45, 7) is 1.33. The third-order valence-electron chi connectivity index (χ3n) is 10.8. The fraction of sp³-hybridized carbons (Fsp3) is 0.590. The summed E-state index contributed by atoms with van der Waals surface area (Å²) in [7, 11) is 0. The summed E-state index contributed by atoms with van der Waals surface area (Å²) in [6.07, 6.45) is 4.45. The number of thiol groups is 2. The number of aromatic nitrogens is 4. The summed E-state index contributed by atoms with van der Waals surface area (Å²) in [5, 5.41) is 55.6. The second-order valence-electron chi connectivity index (χ2n) is 15.8. The van der Waals surface area contributed by atoms with Crippen LogP contribution in [0.2, 0.25) is 0 Å². The van der Waals surface area contributed by atoms with Gasteiger partial charge >= 0.3 is 11.9 Å². The smallest absolute Gasteiger partial charge is 0.327 e. The average molecular weight is 998 g/mol. The quantitative estimate of drug-likeness (QED) is 0.0353. The van der Waals surface area contributed by atoms with Gasteiger partial charge in [-0.05, 0) is 18.8 Å². The topological polar surface area (TPSA) is 422 Å². The lowest BCUT2D eigenvalue weighted by atomic mass is 9.97. The van der Waals surface area contributed by atoms with Crippen LogP contribution in [0.4, 0.5) is 0 Å². The second-order valence-corrected chi connectivity index (χ2v) is 16.5. The average Bonchev–Trinajstić information content (AvgIpc) is 4.13. The van der Waals surface area contributed by atoms with Gasteiger partial charge in [0, 0.05) is 54.7 Å². The van der Waals surface area contributed by atoms with E-state index in [1.807, 2.05) is 0 Å². The number of hydrogen-bond donors (Lipinski definition) is 16. The first-order valence-corrected chi connectivity index (χ1v) is 22.6. The first-order valence-electron chi connectivity index (χ1n) is 21.3. The Morgan fingerprint density at radius 3 is 1.62 bits per heavy atom. The summed E-state index contributed by atoms with van der Waals surface area (Å²) in [4.78, 5) is 146. The van der Waals surface area contributed by atoms with Gasteiger partial charge in [-0.25, -0.2) is 14.8 Å². The van der Waals surface area contributed by atoms with E-state index >= 15 is 0 Å². The highest BCUT2D eigenvalue weighted by molar-refractivity contribution is 7.80. The monoisotopic (exact) mass is 997 g/mol. The van der Waals surface area contributed by atoms with Crippen LogP contribution in [0.3, 0.4) is 0 Å². The van der Waals surface area contributed by atoms with Gasteiger partial charge in [-0.3, -0.25) is 43.2 Å². The molecule has 10 atom stereocenters. The van der Waals surface area contributed by atoms with E-state index in [9.17, 15) is 68.4 Å². The number of amides is 8. The van der Waals surface area contributed by atoms with Gasteiger partial charge in [0.25, 0.3) is 0 Å². The summed E-state index contributed by atoms with van der Waals surface area (Å²) >= 11 is 7.87. The Kier molecular flexibility index (Phi) is 22.7. The van der Waals surface area contributed by atoms with E-state index in [1.54, 1.807) is 13.8 Å². The molecule has 0 bridgehead atoms. The fourth-order valence-electron chi connectivity index (χ4n) is 6.77. The third-order valence-corrected chi connectivity index (χ3v) is 11.6. The second kappa shape index (κ2) is 27.5. The predicted octanol–water partition coefficient (Wildman–Crippen LogP) is -5.92. The molecule has 3 heterocycles. The number of aliphatic hydroxyl groups is 2. The molecule has 376 valence electrons. The molecule has 15 N–H and O–H groups in total. The van der Waals surface area contributed by atoms with E-state index in [4.69, 9.17) is 5.73 Å². The molecular weight excluding hydrogens is 939 g/mol. The Balaban J connectivity index is 1.83. The number of nitrogens with two attached hydrogens (primary N) is 1. The van der Waals surface area contributed by atoms with E-state index in [1.165, 1.54) is 25.0 Å². The minimum atomic E-state index is -1.83. The molecule has 1 aliphatic rings. The van der Waals surface area contributed by atoms with E-state index in [0.717, 1.165) is 4.90 Å². The molecule has 29 heteroatoms. The number of carboxylic acid groups (broad SMARTS) is 2. The maximum atomic E-state index is 14.2. The molecule has 3 rings (SSSR count). The zero-order valence-electron chi connectivity index (χ0n) is 37.0. The molecule has 0 radical (unpaired) electrons. The molecule has 27 nitrogen and oxygen atoms in total. The standard InChI is InChI=1S/C39H59N13O14S2/c1-3-18(2)30(37(63)46-23(8-20-11-42-17-44-20)33(59)50-27(15-68)39(65)66)51-36(62)28-5-4-6-52(28)38(64)24(9-29(55)56)47-32(58)22(7-19-10-41-16-43-19)45-34(60)26(13-54)49-35(61)25(12-53)48-31(57)21(40)14-67/h10-11,16-18,21-28,30,53-54,67-68H,3-9,12-15,40H2,1-2H3,(H,41,43)(H,42,44)(H,45,60)(H,46,63)(H,47,58)(H,48,57)(H,49,61)(H,50,59)(H,51,62)(H,55,56)(H,65,66)/t18-,21-,22-,23-,24-,25-,26-,27-,28-,30-/m0/s1. The van der Waals surface area contributed by atoms with Gasteiger partial charge in [-0.1, -0.05) is 20.3 Å². The molecule has 1 saturated heterocycles. The van der Waals surface area contributed by atoms with Crippen molar-refractivity contribution < 1.29 is 68.4 Å². The zero-order chi connectivity index (χ0) is 50.7. The lowest BCUT2D eigenvalue weighted by Gasteiger charge is -2.31. The molecule has 0 spiro atoms. The third kappa shape index (κ3) is 16.5. The van der Waals surface area contributed by atoms with Gasteiger partial charge in [0.05, 0.1) is 38.3 Å². The van der Waals surface area contributed by atoms with Crippen molar-refractivity contribution in [3.63, 3.8) is 0 Å². The van der Waals surface area contributed by atoms with Crippen molar-refractivity contribution in [2.45, 2.75) is 107 Å². The van der Waals surface area contributed by atoms with Crippen LogP contribution in [-0.4, -0.2) is 190 Å². The van der Waals surface area contributed by atoms with Crippen LogP contribution in [0.1, 0.15) is 50.9 Å². The van der Waals surface area contributed by atoms with Crippen molar-refractivity contribution >= 4 is 84.5 Å². The van der Waals surface area contributed by atoms with Gasteiger partial charge in [-0.2, -0.15) is 25.3 Å². The van der Waals surface area contributed by atoms with Gasteiger partial charge in [-0.15, -0.1) is 0 Å². The van der Waals surface area contributed by atoms with Crippen LogP contribution < -0.4 is 43.0 Å². The van der Waals surface area contributed by atoms with Crippen LogP contribution in [0, 0.1) is 5.92 Å². The summed E-state index contributed by atoms with van der Waals surface area (Å²) in [5.41, 5.74) is 6.28. The molecule has 0 saturated carbocycles. The molecule has 2 aromatic heterocycles. The number of aromatic amines is 2. The van der Waals surface area contributed by atoms with Crippen molar-refractivity contribution in [2.24, 2.45) is 11.7 Å². The summed E-state index contributed by atoms with van der Waals surface area (Å²) in [5.74, 6) is -11.5. The van der Waals surface area contributed by atoms with Crippen LogP contribution in [0.5, 0.6) is 0 Å². The number of nitrogens with one attached hydrogen (secondary N) is 9. The van der Waals surface area contributed by atoms with Crippen LogP contribution in [0.25, 0.3) is 0 Å². The number of carbonyl (C=O) groups excluding carboxylic acids is 8. The highest BCUT2D eigenvalue weighted by Gasteiger charge is 2.42. The Morgan fingerprint density at radius 1 is 0.706 bits per heavy atom. The number of aliphatic hydroxyl groups excluding tert-OH is 2.